The van der Waals surface area contributed by atoms with Crippen molar-refractivity contribution >= 4 is 17.2 Å². The largest absolute Gasteiger partial charge is 0.461 e. The lowest BCUT2D eigenvalue weighted by atomic mass is 9.96. The van der Waals surface area contributed by atoms with Gasteiger partial charge in [-0.1, -0.05) is 6.07 Å². The highest BCUT2D eigenvalue weighted by Crippen LogP contribution is 2.43. The Bertz CT molecular complexity index is 657. The molecule has 0 aliphatic heterocycles. The molecule has 0 saturated carbocycles. The number of alkyl halides is 5. The van der Waals surface area contributed by atoms with Crippen LogP contribution in [0.3, 0.4) is 0 Å². The molecule has 1 aromatic carbocycles. The fourth-order valence-corrected chi connectivity index (χ4v) is 3.78. The molecule has 8 heteroatoms. The molecule has 0 N–H and O–H groups in total. The predicted octanol–water partition coefficient (Wildman–Crippen LogP) is 6.31. The van der Waals surface area contributed by atoms with Gasteiger partial charge >= 0.3 is 12.1 Å². The zero-order chi connectivity index (χ0) is 22.9. The number of rotatable bonds is 8. The molecule has 1 aromatic rings. The third-order valence-corrected chi connectivity index (χ3v) is 4.67. The highest BCUT2D eigenvalue weighted by Gasteiger charge is 2.64. The van der Waals surface area contributed by atoms with Crippen LogP contribution in [0.15, 0.2) is 18.2 Å². The maximum Gasteiger partial charge on any atom is 0.461 e. The van der Waals surface area contributed by atoms with Crippen molar-refractivity contribution in [1.82, 2.24) is 0 Å². The van der Waals surface area contributed by atoms with Crippen LogP contribution < -0.4 is 9.80 Å². The highest BCUT2D eigenvalue weighted by atomic mass is 19.4. The molecule has 166 valence electrons. The normalized spacial score (nSPS) is 13.0. The Hall–Kier alpha value is -1.86. The summed E-state index contributed by atoms with van der Waals surface area (Å²) >= 11 is 0. The SMILES string of the molecule is CC(C)N(c1cccc(N(C(C)C)C(C)C)c1C(=O)C(F)(F)C(F)(F)F)C(C)C. The summed E-state index contributed by atoms with van der Waals surface area (Å²) in [6.07, 6.45) is -5.98. The van der Waals surface area contributed by atoms with E-state index in [4.69, 9.17) is 0 Å². The number of Topliss-reactive ketones (excluding diaryl/α,β-unsaturated/α-hetero) is 1. The van der Waals surface area contributed by atoms with E-state index < -0.39 is 23.4 Å². The molecule has 0 aliphatic carbocycles. The van der Waals surface area contributed by atoms with Crippen molar-refractivity contribution in [2.45, 2.75) is 91.7 Å². The average Bonchev–Trinajstić information content (AvgIpc) is 2.52. The number of halogens is 5. The van der Waals surface area contributed by atoms with E-state index in [9.17, 15) is 26.7 Å². The lowest BCUT2D eigenvalue weighted by Crippen LogP contribution is -2.47. The van der Waals surface area contributed by atoms with Gasteiger partial charge in [0.15, 0.2) is 0 Å². The maximum atomic E-state index is 14.2. The van der Waals surface area contributed by atoms with E-state index in [0.29, 0.717) is 0 Å². The van der Waals surface area contributed by atoms with Crippen LogP contribution in [-0.4, -0.2) is 42.0 Å². The van der Waals surface area contributed by atoms with E-state index in [1.807, 2.05) is 0 Å². The number of hydrogen-bond donors (Lipinski definition) is 0. The van der Waals surface area contributed by atoms with Crippen molar-refractivity contribution in [3.8, 4) is 0 Å². The molecule has 0 saturated heterocycles. The zero-order valence-electron chi connectivity index (χ0n) is 18.2. The minimum absolute atomic E-state index is 0.0766. The van der Waals surface area contributed by atoms with Crippen molar-refractivity contribution in [1.29, 1.82) is 0 Å². The molecule has 0 aromatic heterocycles. The second kappa shape index (κ2) is 8.88. The van der Waals surface area contributed by atoms with Gasteiger partial charge in [-0.3, -0.25) is 4.79 Å². The van der Waals surface area contributed by atoms with Gasteiger partial charge < -0.3 is 9.80 Å². The first-order valence-electron chi connectivity index (χ1n) is 9.74. The van der Waals surface area contributed by atoms with Crippen LogP contribution in [-0.2, 0) is 0 Å². The van der Waals surface area contributed by atoms with Gasteiger partial charge in [0.25, 0.3) is 0 Å². The van der Waals surface area contributed by atoms with Gasteiger partial charge in [0, 0.05) is 24.2 Å². The Labute approximate surface area is 169 Å². The van der Waals surface area contributed by atoms with E-state index in [2.05, 4.69) is 0 Å². The van der Waals surface area contributed by atoms with E-state index in [0.717, 1.165) is 0 Å². The van der Waals surface area contributed by atoms with Gasteiger partial charge in [-0.15, -0.1) is 0 Å². The van der Waals surface area contributed by atoms with Crippen LogP contribution >= 0.6 is 0 Å². The van der Waals surface area contributed by atoms with Crippen LogP contribution in [0.4, 0.5) is 33.3 Å². The van der Waals surface area contributed by atoms with Crippen LogP contribution in [0.1, 0.15) is 65.7 Å². The summed E-state index contributed by atoms with van der Waals surface area (Å²) in [5.74, 6) is -7.72. The smallest absolute Gasteiger partial charge is 0.366 e. The molecule has 0 unspecified atom stereocenters. The molecule has 0 aliphatic rings. The van der Waals surface area contributed by atoms with Gasteiger partial charge in [-0.05, 0) is 67.5 Å². The molecule has 1 rings (SSSR count). The van der Waals surface area contributed by atoms with Crippen molar-refractivity contribution < 1.29 is 26.7 Å². The number of ketones is 1. The number of nitrogens with zero attached hydrogens (tertiary/aromatic N) is 2. The van der Waals surface area contributed by atoms with E-state index >= 15 is 0 Å². The number of anilines is 2. The third-order valence-electron chi connectivity index (χ3n) is 4.67. The Balaban J connectivity index is 3.95. The summed E-state index contributed by atoms with van der Waals surface area (Å²) in [4.78, 5) is 16.1. The first-order chi connectivity index (χ1) is 13.1. The predicted molar refractivity (Wildman–Crippen MR) is 107 cm³/mol. The quantitative estimate of drug-likeness (QED) is 0.362. The molecular formula is C21H31F5N2O. The summed E-state index contributed by atoms with van der Waals surface area (Å²) in [6.45, 7) is 14.4. The molecule has 0 spiro atoms. The minimum Gasteiger partial charge on any atom is -0.366 e. The summed E-state index contributed by atoms with van der Waals surface area (Å²) in [5.41, 5.74) is -0.444. The molecule has 0 heterocycles. The Morgan fingerprint density at radius 3 is 1.28 bits per heavy atom. The maximum absolute atomic E-state index is 14.2. The molecule has 0 amide bonds. The van der Waals surface area contributed by atoms with Crippen LogP contribution in [0.25, 0.3) is 0 Å². The summed E-state index contributed by atoms with van der Waals surface area (Å²) < 4.78 is 67.6. The molecule has 29 heavy (non-hydrogen) atoms. The molecular weight excluding hydrogens is 391 g/mol. The monoisotopic (exact) mass is 422 g/mol. The van der Waals surface area contributed by atoms with Crippen molar-refractivity contribution in [2.24, 2.45) is 0 Å². The van der Waals surface area contributed by atoms with Gasteiger partial charge in [0.05, 0.1) is 16.9 Å². The topological polar surface area (TPSA) is 23.6 Å². The Morgan fingerprint density at radius 2 is 1.03 bits per heavy atom. The summed E-state index contributed by atoms with van der Waals surface area (Å²) in [6, 6.07) is 3.57. The van der Waals surface area contributed by atoms with Crippen LogP contribution in [0, 0.1) is 0 Å². The fourth-order valence-electron chi connectivity index (χ4n) is 3.78. The molecule has 0 radical (unpaired) electrons. The second-order valence-electron chi connectivity index (χ2n) is 8.26. The molecule has 0 fully saturated rings. The lowest BCUT2D eigenvalue weighted by molar-refractivity contribution is -0.255. The van der Waals surface area contributed by atoms with E-state index in [1.54, 1.807) is 71.3 Å². The minimum atomic E-state index is -5.98. The Morgan fingerprint density at radius 1 is 0.724 bits per heavy atom. The van der Waals surface area contributed by atoms with Crippen LogP contribution in [0.5, 0.6) is 0 Å². The van der Waals surface area contributed by atoms with Crippen molar-refractivity contribution in [3.05, 3.63) is 23.8 Å². The van der Waals surface area contributed by atoms with Crippen LogP contribution in [0.2, 0.25) is 0 Å². The standard InChI is InChI=1S/C21H31F5N2O/c1-12(2)27(13(3)4)16-10-9-11-17(28(14(5)6)15(7)8)18(16)19(29)20(22,23)21(24,25)26/h9-15H,1-8H3. The lowest BCUT2D eigenvalue weighted by Gasteiger charge is -2.39. The summed E-state index contributed by atoms with van der Waals surface area (Å²) in [5, 5.41) is 0. The first kappa shape index (κ1) is 25.2. The molecule has 0 bridgehead atoms. The number of carbonyl (C=O) groups excluding carboxylic acids is 1. The first-order valence-corrected chi connectivity index (χ1v) is 9.74. The van der Waals surface area contributed by atoms with Gasteiger partial charge in [0.1, 0.15) is 0 Å². The van der Waals surface area contributed by atoms with Gasteiger partial charge in [-0.2, -0.15) is 22.0 Å². The summed E-state index contributed by atoms with van der Waals surface area (Å²) in [7, 11) is 0. The van der Waals surface area contributed by atoms with Gasteiger partial charge in [-0.25, -0.2) is 0 Å². The molecule has 0 atom stereocenters. The highest BCUT2D eigenvalue weighted by molar-refractivity contribution is 6.11. The third kappa shape index (κ3) is 5.01. The second-order valence-corrected chi connectivity index (χ2v) is 8.26. The number of hydrogen-bond acceptors (Lipinski definition) is 3. The van der Waals surface area contributed by atoms with E-state index in [1.165, 1.54) is 12.1 Å². The number of benzene rings is 1. The van der Waals surface area contributed by atoms with Gasteiger partial charge in [0.2, 0.25) is 5.78 Å². The Kier molecular flexibility index (Phi) is 7.71. The fraction of sp³-hybridized carbons (Fsp3) is 0.667. The molecule has 3 nitrogen and oxygen atoms in total. The average molecular weight is 422 g/mol. The van der Waals surface area contributed by atoms with Crippen molar-refractivity contribution in [3.63, 3.8) is 0 Å². The van der Waals surface area contributed by atoms with E-state index in [-0.39, 0.29) is 35.5 Å². The van der Waals surface area contributed by atoms with Crippen molar-refractivity contribution in [2.75, 3.05) is 9.80 Å². The zero-order valence-corrected chi connectivity index (χ0v) is 18.2. The number of carbonyl (C=O) groups is 1.